The number of amides is 1. The lowest BCUT2D eigenvalue weighted by molar-refractivity contribution is 0.195. The van der Waals surface area contributed by atoms with Crippen LogP contribution in [0.15, 0.2) is 52.8 Å². The van der Waals surface area contributed by atoms with Crippen LogP contribution >= 0.6 is 0 Å². The van der Waals surface area contributed by atoms with Crippen molar-refractivity contribution in [3.8, 4) is 11.6 Å². The van der Waals surface area contributed by atoms with Gasteiger partial charge in [0.05, 0.1) is 13.4 Å². The maximum Gasteiger partial charge on any atom is 0.404 e. The van der Waals surface area contributed by atoms with Gasteiger partial charge in [0.25, 0.3) is 6.01 Å². The summed E-state index contributed by atoms with van der Waals surface area (Å²) >= 11 is 0. The summed E-state index contributed by atoms with van der Waals surface area (Å²) in [5.74, 6) is 0.949. The van der Waals surface area contributed by atoms with Crippen molar-refractivity contribution in [1.82, 2.24) is 15.3 Å². The lowest BCUT2D eigenvalue weighted by Crippen LogP contribution is -2.25. The molecular formula is C19H19FN4O5. The summed E-state index contributed by atoms with van der Waals surface area (Å²) in [5, 5.41) is 13.7. The second kappa shape index (κ2) is 9.40. The number of benzene rings is 1. The summed E-state index contributed by atoms with van der Waals surface area (Å²) in [4.78, 5) is 19.0. The van der Waals surface area contributed by atoms with Crippen LogP contribution in [0.3, 0.4) is 0 Å². The number of hydrogen-bond donors (Lipinski definition) is 3. The van der Waals surface area contributed by atoms with Crippen LogP contribution in [0.4, 0.5) is 15.2 Å². The Hall–Kier alpha value is -3.82. The molecule has 152 valence electrons. The van der Waals surface area contributed by atoms with Crippen LogP contribution in [-0.4, -0.2) is 41.4 Å². The molecule has 3 N–H and O–H groups in total. The normalized spacial score (nSPS) is 11.3. The Morgan fingerprint density at radius 1 is 1.38 bits per heavy atom. The third-order valence-corrected chi connectivity index (χ3v) is 3.88. The van der Waals surface area contributed by atoms with Crippen molar-refractivity contribution in [3.63, 3.8) is 0 Å². The standard InChI is InChI=1S/C19H19FN4O5/c1-27-17-13(3-2-6-21-17)10-22-18-24-15-5-4-14(7-16(15)29-18)28-11-12(8-20)9-23-19(25)26/h2-8,23H,9-11H2,1H3,(H,22,24)(H,25,26)/b12-8-. The zero-order valence-corrected chi connectivity index (χ0v) is 15.5. The van der Waals surface area contributed by atoms with E-state index >= 15 is 0 Å². The topological polar surface area (TPSA) is 119 Å². The van der Waals surface area contributed by atoms with Gasteiger partial charge in [-0.05, 0) is 18.2 Å². The highest BCUT2D eigenvalue weighted by molar-refractivity contribution is 5.76. The van der Waals surface area contributed by atoms with E-state index in [-0.39, 0.29) is 18.7 Å². The number of hydrogen-bond acceptors (Lipinski definition) is 7. The molecule has 3 aromatic rings. The van der Waals surface area contributed by atoms with Gasteiger partial charge in [-0.1, -0.05) is 6.07 Å². The Balaban J connectivity index is 1.63. The van der Waals surface area contributed by atoms with E-state index in [0.717, 1.165) is 5.56 Å². The number of pyridine rings is 1. The van der Waals surface area contributed by atoms with Gasteiger partial charge in [-0.2, -0.15) is 4.98 Å². The molecule has 0 fully saturated rings. The molecule has 10 heteroatoms. The highest BCUT2D eigenvalue weighted by Gasteiger charge is 2.10. The zero-order valence-electron chi connectivity index (χ0n) is 15.5. The van der Waals surface area contributed by atoms with E-state index in [1.165, 1.54) is 0 Å². The Bertz CT molecular complexity index is 1020. The molecule has 0 atom stereocenters. The van der Waals surface area contributed by atoms with Gasteiger partial charge in [-0.25, -0.2) is 14.2 Å². The lowest BCUT2D eigenvalue weighted by Gasteiger charge is -2.08. The maximum absolute atomic E-state index is 12.8. The lowest BCUT2D eigenvalue weighted by atomic mass is 10.3. The van der Waals surface area contributed by atoms with Gasteiger partial charge in [-0.3, -0.25) is 0 Å². The van der Waals surface area contributed by atoms with Crippen LogP contribution in [0, 0.1) is 0 Å². The van der Waals surface area contributed by atoms with Crippen molar-refractivity contribution in [2.45, 2.75) is 6.54 Å². The van der Waals surface area contributed by atoms with Crippen LogP contribution < -0.4 is 20.1 Å². The summed E-state index contributed by atoms with van der Waals surface area (Å²) < 4.78 is 29.2. The number of aromatic nitrogens is 2. The third kappa shape index (κ3) is 5.34. The van der Waals surface area contributed by atoms with Gasteiger partial charge in [0.15, 0.2) is 5.58 Å². The van der Waals surface area contributed by atoms with E-state index in [2.05, 4.69) is 20.6 Å². The summed E-state index contributed by atoms with van der Waals surface area (Å²) in [6.07, 6.45) is 0.721. The van der Waals surface area contributed by atoms with E-state index < -0.39 is 6.09 Å². The Morgan fingerprint density at radius 3 is 3.00 bits per heavy atom. The van der Waals surface area contributed by atoms with Gasteiger partial charge >= 0.3 is 6.09 Å². The van der Waals surface area contributed by atoms with E-state index in [1.807, 2.05) is 6.07 Å². The molecule has 29 heavy (non-hydrogen) atoms. The Morgan fingerprint density at radius 2 is 2.24 bits per heavy atom. The first-order chi connectivity index (χ1) is 14.1. The number of carboxylic acid groups (broad SMARTS) is 1. The third-order valence-electron chi connectivity index (χ3n) is 3.88. The molecule has 0 aliphatic rings. The molecule has 0 spiro atoms. The smallest absolute Gasteiger partial charge is 0.404 e. The van der Waals surface area contributed by atoms with Crippen molar-refractivity contribution in [2.24, 2.45) is 0 Å². The average Bonchev–Trinajstić information content (AvgIpc) is 3.14. The quantitative estimate of drug-likeness (QED) is 0.499. The fraction of sp³-hybridized carbons (Fsp3) is 0.211. The summed E-state index contributed by atoms with van der Waals surface area (Å²) in [6.45, 7) is 0.138. The maximum atomic E-state index is 12.8. The molecular weight excluding hydrogens is 383 g/mol. The van der Waals surface area contributed by atoms with Crippen LogP contribution in [-0.2, 0) is 6.54 Å². The largest absolute Gasteiger partial charge is 0.489 e. The van der Waals surface area contributed by atoms with E-state index in [9.17, 15) is 9.18 Å². The van der Waals surface area contributed by atoms with Crippen molar-refractivity contribution >= 4 is 23.2 Å². The molecule has 3 rings (SSSR count). The van der Waals surface area contributed by atoms with Gasteiger partial charge in [0.1, 0.15) is 17.9 Å². The number of nitrogens with one attached hydrogen (secondary N) is 2. The number of oxazole rings is 1. The fourth-order valence-corrected chi connectivity index (χ4v) is 2.47. The van der Waals surface area contributed by atoms with E-state index in [0.29, 0.717) is 41.6 Å². The van der Waals surface area contributed by atoms with Crippen molar-refractivity contribution in [3.05, 3.63) is 54.0 Å². The van der Waals surface area contributed by atoms with Gasteiger partial charge in [0, 0.05) is 36.5 Å². The summed E-state index contributed by atoms with van der Waals surface area (Å²) in [5.41, 5.74) is 2.10. The number of fused-ring (bicyclic) bond motifs is 1. The molecule has 0 unspecified atom stereocenters. The molecule has 0 aliphatic carbocycles. The number of rotatable bonds is 9. The first-order valence-electron chi connectivity index (χ1n) is 8.59. The molecule has 0 aliphatic heterocycles. The van der Waals surface area contributed by atoms with E-state index in [4.69, 9.17) is 19.0 Å². The van der Waals surface area contributed by atoms with Gasteiger partial charge in [0.2, 0.25) is 5.88 Å². The SMILES string of the molecule is COc1ncccc1CNc1nc2ccc(OC/C(=C\F)CNC(=O)O)cc2o1. The molecule has 0 radical (unpaired) electrons. The number of anilines is 1. The van der Waals surface area contributed by atoms with Crippen molar-refractivity contribution < 1.29 is 28.2 Å². The molecule has 0 bridgehead atoms. The van der Waals surface area contributed by atoms with Gasteiger partial charge in [-0.15, -0.1) is 0 Å². The molecule has 2 heterocycles. The number of ether oxygens (including phenoxy) is 2. The average molecular weight is 402 g/mol. The van der Waals surface area contributed by atoms with Crippen LogP contribution in [0.2, 0.25) is 0 Å². The highest BCUT2D eigenvalue weighted by atomic mass is 19.1. The second-order valence-electron chi connectivity index (χ2n) is 5.89. The molecule has 9 nitrogen and oxygen atoms in total. The molecule has 0 saturated heterocycles. The second-order valence-corrected chi connectivity index (χ2v) is 5.89. The minimum absolute atomic E-state index is 0.109. The predicted octanol–water partition coefficient (Wildman–Crippen LogP) is 3.34. The van der Waals surface area contributed by atoms with E-state index in [1.54, 1.807) is 37.6 Å². The van der Waals surface area contributed by atoms with Crippen molar-refractivity contribution in [2.75, 3.05) is 25.6 Å². The molecule has 1 aromatic carbocycles. The minimum Gasteiger partial charge on any atom is -0.489 e. The minimum atomic E-state index is -1.24. The number of nitrogens with zero attached hydrogens (tertiary/aromatic N) is 2. The zero-order chi connectivity index (χ0) is 20.6. The predicted molar refractivity (Wildman–Crippen MR) is 103 cm³/mol. The fourth-order valence-electron chi connectivity index (χ4n) is 2.47. The molecule has 2 aromatic heterocycles. The Labute approximate surface area is 165 Å². The van der Waals surface area contributed by atoms with Crippen LogP contribution in [0.25, 0.3) is 11.1 Å². The van der Waals surface area contributed by atoms with Crippen LogP contribution in [0.5, 0.6) is 11.6 Å². The summed E-state index contributed by atoms with van der Waals surface area (Å²) in [7, 11) is 1.55. The first-order valence-corrected chi connectivity index (χ1v) is 8.59. The number of carbonyl (C=O) groups is 1. The van der Waals surface area contributed by atoms with Crippen molar-refractivity contribution in [1.29, 1.82) is 0 Å². The first kappa shape index (κ1) is 19.9. The highest BCUT2D eigenvalue weighted by Crippen LogP contribution is 2.25. The molecule has 0 saturated carbocycles. The number of methoxy groups -OCH3 is 1. The molecule has 1 amide bonds. The van der Waals surface area contributed by atoms with Gasteiger partial charge < -0.3 is 29.6 Å². The number of halogens is 1. The summed E-state index contributed by atoms with van der Waals surface area (Å²) in [6, 6.07) is 9.00. The van der Waals surface area contributed by atoms with Crippen LogP contribution in [0.1, 0.15) is 5.56 Å². The Kier molecular flexibility index (Phi) is 6.46. The monoisotopic (exact) mass is 402 g/mol.